The lowest BCUT2D eigenvalue weighted by Gasteiger charge is -2.33. The van der Waals surface area contributed by atoms with Gasteiger partial charge in [-0.25, -0.2) is 9.59 Å². The van der Waals surface area contributed by atoms with Crippen molar-refractivity contribution in [2.45, 2.75) is 52.8 Å². The van der Waals surface area contributed by atoms with Gasteiger partial charge in [0.15, 0.2) is 0 Å². The Hall–Kier alpha value is -2.85. The second kappa shape index (κ2) is 13.1. The number of likely N-dealkylation sites (N-methyl/N-ethyl adjacent to an activating group) is 2. The molecular formula is C24H40N4O6. The van der Waals surface area contributed by atoms with Crippen LogP contribution in [0.5, 0.6) is 0 Å². The summed E-state index contributed by atoms with van der Waals surface area (Å²) in [5.41, 5.74) is 7.04. The number of carbonyl (C=O) groups is 3. The monoisotopic (exact) mass is 480 g/mol. The molecule has 0 heterocycles. The van der Waals surface area contributed by atoms with Gasteiger partial charge in [-0.2, -0.15) is 0 Å². The number of ether oxygens (including phenoxy) is 3. The maximum Gasteiger partial charge on any atom is 0.416 e. The lowest BCUT2D eigenvalue weighted by atomic mass is 10.1. The third-order valence-electron chi connectivity index (χ3n) is 5.56. The van der Waals surface area contributed by atoms with E-state index in [-0.39, 0.29) is 18.1 Å². The van der Waals surface area contributed by atoms with Crippen molar-refractivity contribution < 1.29 is 28.6 Å². The first kappa shape index (κ1) is 29.2. The average Bonchev–Trinajstić information content (AvgIpc) is 2.78. The van der Waals surface area contributed by atoms with Crippen LogP contribution in [0, 0.1) is 5.92 Å². The van der Waals surface area contributed by atoms with E-state index in [1.807, 2.05) is 7.05 Å². The lowest BCUT2D eigenvalue weighted by molar-refractivity contribution is -0.154. The van der Waals surface area contributed by atoms with Crippen LogP contribution in [0.15, 0.2) is 24.3 Å². The highest BCUT2D eigenvalue weighted by Gasteiger charge is 2.21. The van der Waals surface area contributed by atoms with Gasteiger partial charge in [-0.3, -0.25) is 14.6 Å². The number of hydrogen-bond acceptors (Lipinski definition) is 8. The Morgan fingerprint density at radius 3 is 2.03 bits per heavy atom. The van der Waals surface area contributed by atoms with Crippen molar-refractivity contribution in [3.05, 3.63) is 29.8 Å². The summed E-state index contributed by atoms with van der Waals surface area (Å²) in [6.45, 7) is 10.8. The third-order valence-corrected chi connectivity index (χ3v) is 5.56. The van der Waals surface area contributed by atoms with Crippen molar-refractivity contribution >= 4 is 23.8 Å². The fourth-order valence-corrected chi connectivity index (χ4v) is 2.51. The second-order valence-electron chi connectivity index (χ2n) is 9.56. The summed E-state index contributed by atoms with van der Waals surface area (Å²) in [6.07, 6.45) is -1.09. The number of esters is 1. The summed E-state index contributed by atoms with van der Waals surface area (Å²) in [5.74, 6) is -0.713. The molecule has 1 unspecified atom stereocenters. The number of nitrogens with zero attached hydrogens (tertiary/aromatic N) is 3. The van der Waals surface area contributed by atoms with E-state index in [1.54, 1.807) is 50.1 Å². The summed E-state index contributed by atoms with van der Waals surface area (Å²) in [7, 11) is 5.25. The van der Waals surface area contributed by atoms with E-state index >= 15 is 0 Å². The van der Waals surface area contributed by atoms with Crippen LogP contribution >= 0.6 is 0 Å². The van der Waals surface area contributed by atoms with E-state index in [2.05, 4.69) is 25.7 Å². The van der Waals surface area contributed by atoms with E-state index in [0.29, 0.717) is 12.2 Å². The minimum Gasteiger partial charge on any atom is -0.445 e. The first-order valence-corrected chi connectivity index (χ1v) is 11.2. The zero-order chi connectivity index (χ0) is 26.1. The summed E-state index contributed by atoms with van der Waals surface area (Å²) in [5, 5.41) is 0. The molecule has 10 nitrogen and oxygen atoms in total. The van der Waals surface area contributed by atoms with Crippen LogP contribution in [0.2, 0.25) is 0 Å². The van der Waals surface area contributed by atoms with E-state index < -0.39 is 31.0 Å². The Balaban J connectivity index is 2.47. The van der Waals surface area contributed by atoms with Gasteiger partial charge in [0.1, 0.15) is 12.6 Å². The summed E-state index contributed by atoms with van der Waals surface area (Å²) < 4.78 is 15.2. The zero-order valence-electron chi connectivity index (χ0n) is 21.7. The Bertz CT molecular complexity index is 807. The molecule has 0 aliphatic rings. The van der Waals surface area contributed by atoms with E-state index in [4.69, 9.17) is 19.9 Å². The van der Waals surface area contributed by atoms with Gasteiger partial charge in [-0.15, -0.1) is 0 Å². The Labute approximate surface area is 202 Å². The summed E-state index contributed by atoms with van der Waals surface area (Å²) in [6, 6.07) is 6.13. The molecule has 34 heavy (non-hydrogen) atoms. The van der Waals surface area contributed by atoms with Gasteiger partial charge in [0, 0.05) is 38.4 Å². The van der Waals surface area contributed by atoms with Crippen molar-refractivity contribution in [1.29, 1.82) is 0 Å². The van der Waals surface area contributed by atoms with Gasteiger partial charge < -0.3 is 24.8 Å². The third kappa shape index (κ3) is 9.56. The molecule has 0 bridgehead atoms. The summed E-state index contributed by atoms with van der Waals surface area (Å²) >= 11 is 0. The molecule has 0 aliphatic carbocycles. The zero-order valence-corrected chi connectivity index (χ0v) is 21.7. The number of hydrogen-bond donors (Lipinski definition) is 1. The highest BCUT2D eigenvalue weighted by atomic mass is 16.7. The van der Waals surface area contributed by atoms with Gasteiger partial charge in [-0.1, -0.05) is 26.0 Å². The molecule has 0 aromatic heterocycles. The van der Waals surface area contributed by atoms with Crippen LogP contribution in [0.1, 0.15) is 40.2 Å². The Morgan fingerprint density at radius 1 is 0.912 bits per heavy atom. The SMILES string of the molecule is CC(C)C(N)C(=O)OCOC(=O)N(C)c1ccc(COC(=O)N(C)CCN(C)C(C)(C)C)cc1. The molecule has 0 saturated heterocycles. The second-order valence-corrected chi connectivity index (χ2v) is 9.56. The molecule has 1 rings (SSSR count). The maximum absolute atomic E-state index is 12.2. The van der Waals surface area contributed by atoms with Gasteiger partial charge in [0.05, 0.1) is 0 Å². The van der Waals surface area contributed by atoms with Crippen LogP contribution in [-0.2, 0) is 25.6 Å². The minimum absolute atomic E-state index is 0.0256. The molecule has 0 fully saturated rings. The highest BCUT2D eigenvalue weighted by molar-refractivity contribution is 5.87. The molecule has 1 atom stereocenters. The number of nitrogens with two attached hydrogens (primary N) is 1. The van der Waals surface area contributed by atoms with Crippen molar-refractivity contribution in [3.8, 4) is 0 Å². The number of benzene rings is 1. The summed E-state index contributed by atoms with van der Waals surface area (Å²) in [4.78, 5) is 41.1. The van der Waals surface area contributed by atoms with Gasteiger partial charge in [0.25, 0.3) is 0 Å². The van der Waals surface area contributed by atoms with Crippen LogP contribution in [0.25, 0.3) is 0 Å². The quantitative estimate of drug-likeness (QED) is 0.401. The molecule has 1 aromatic carbocycles. The molecule has 1 aromatic rings. The molecule has 192 valence electrons. The molecule has 0 saturated carbocycles. The first-order chi connectivity index (χ1) is 15.7. The van der Waals surface area contributed by atoms with E-state index in [1.165, 1.54) is 11.9 Å². The molecule has 0 spiro atoms. The fourth-order valence-electron chi connectivity index (χ4n) is 2.51. The normalized spacial score (nSPS) is 12.3. The molecule has 10 heteroatoms. The largest absolute Gasteiger partial charge is 0.445 e. The average molecular weight is 481 g/mol. The number of carbonyl (C=O) groups excluding carboxylic acids is 3. The van der Waals surface area contributed by atoms with Crippen LogP contribution in [0.4, 0.5) is 15.3 Å². The van der Waals surface area contributed by atoms with Crippen LogP contribution in [0.3, 0.4) is 0 Å². The van der Waals surface area contributed by atoms with Crippen LogP contribution in [-0.4, -0.2) is 80.6 Å². The smallest absolute Gasteiger partial charge is 0.416 e. The van der Waals surface area contributed by atoms with Crippen molar-refractivity contribution in [1.82, 2.24) is 9.80 Å². The van der Waals surface area contributed by atoms with E-state index in [0.717, 1.165) is 12.1 Å². The van der Waals surface area contributed by atoms with Crippen molar-refractivity contribution in [2.75, 3.05) is 45.9 Å². The Kier molecular flexibility index (Phi) is 11.3. The standard InChI is InChI=1S/C24H40N4O6/c1-17(2)20(25)21(29)33-16-34-23(31)28(8)19-11-9-18(10-12-19)15-32-22(30)26(6)13-14-27(7)24(3,4)5/h9-12,17,20H,13-16,25H2,1-8H3. The molecule has 2 N–H and O–H groups in total. The van der Waals surface area contributed by atoms with Gasteiger partial charge >= 0.3 is 18.2 Å². The number of rotatable bonds is 10. The van der Waals surface area contributed by atoms with Crippen molar-refractivity contribution in [2.24, 2.45) is 11.7 Å². The molecular weight excluding hydrogens is 440 g/mol. The highest BCUT2D eigenvalue weighted by Crippen LogP contribution is 2.16. The topological polar surface area (TPSA) is 115 Å². The van der Waals surface area contributed by atoms with Crippen LogP contribution < -0.4 is 10.6 Å². The Morgan fingerprint density at radius 2 is 1.50 bits per heavy atom. The number of amides is 2. The van der Waals surface area contributed by atoms with Gasteiger partial charge in [-0.05, 0) is 51.4 Å². The number of anilines is 1. The molecule has 2 amide bonds. The predicted octanol–water partition coefficient (Wildman–Crippen LogP) is 3.04. The van der Waals surface area contributed by atoms with Gasteiger partial charge in [0.2, 0.25) is 6.79 Å². The van der Waals surface area contributed by atoms with Crippen molar-refractivity contribution in [3.63, 3.8) is 0 Å². The molecule has 0 radical (unpaired) electrons. The molecule has 0 aliphatic heterocycles. The first-order valence-electron chi connectivity index (χ1n) is 11.2. The maximum atomic E-state index is 12.2. The lowest BCUT2D eigenvalue weighted by Crippen LogP contribution is -2.43. The minimum atomic E-state index is -0.775. The predicted molar refractivity (Wildman–Crippen MR) is 130 cm³/mol. The fraction of sp³-hybridized carbons (Fsp3) is 0.625. The van der Waals surface area contributed by atoms with E-state index in [9.17, 15) is 14.4 Å².